The fourth-order valence-corrected chi connectivity index (χ4v) is 1.61. The van der Waals surface area contributed by atoms with Gasteiger partial charge in [-0.1, -0.05) is 18.2 Å². The van der Waals surface area contributed by atoms with E-state index in [-0.39, 0.29) is 24.4 Å². The number of aliphatic hydroxyl groups excluding tert-OH is 1. The molecule has 2 atom stereocenters. The van der Waals surface area contributed by atoms with Crippen LogP contribution in [-0.2, 0) is 0 Å². The monoisotopic (exact) mass is 245 g/mol. The third-order valence-corrected chi connectivity index (χ3v) is 2.41. The number of nitrogens with one attached hydrogen (secondary N) is 1. The number of rotatable bonds is 6. The summed E-state index contributed by atoms with van der Waals surface area (Å²) >= 11 is 0. The van der Waals surface area contributed by atoms with Gasteiger partial charge in [-0.3, -0.25) is 0 Å². The van der Waals surface area contributed by atoms with E-state index in [1.165, 1.54) is 6.07 Å². The highest BCUT2D eigenvalue weighted by molar-refractivity contribution is 5.35. The quantitative estimate of drug-likeness (QED) is 0.808. The molecule has 0 bridgehead atoms. The first-order valence-corrected chi connectivity index (χ1v) is 5.45. The average molecular weight is 245 g/mol. The predicted octanol–water partition coefficient (Wildman–Crippen LogP) is 2.32. The number of ether oxygens (including phenoxy) is 1. The van der Waals surface area contributed by atoms with Gasteiger partial charge in [-0.05, 0) is 19.9 Å². The fourth-order valence-electron chi connectivity index (χ4n) is 1.61. The molecule has 0 aliphatic carbocycles. The van der Waals surface area contributed by atoms with Crippen molar-refractivity contribution in [3.8, 4) is 5.75 Å². The van der Waals surface area contributed by atoms with Crippen LogP contribution >= 0.6 is 0 Å². The summed E-state index contributed by atoms with van der Waals surface area (Å²) in [7, 11) is 0. The molecule has 17 heavy (non-hydrogen) atoms. The lowest BCUT2D eigenvalue weighted by Crippen LogP contribution is -2.32. The van der Waals surface area contributed by atoms with Gasteiger partial charge in [0.2, 0.25) is 0 Å². The van der Waals surface area contributed by atoms with E-state index < -0.39 is 6.61 Å². The van der Waals surface area contributed by atoms with Gasteiger partial charge in [-0.2, -0.15) is 8.78 Å². The van der Waals surface area contributed by atoms with Gasteiger partial charge in [0.15, 0.2) is 0 Å². The number of alkyl halides is 2. The predicted molar refractivity (Wildman–Crippen MR) is 61.2 cm³/mol. The summed E-state index contributed by atoms with van der Waals surface area (Å²) in [5.74, 6) is 0.160. The minimum absolute atomic E-state index is 0.0117. The Hall–Kier alpha value is -1.20. The molecule has 1 aromatic rings. The second kappa shape index (κ2) is 6.51. The van der Waals surface area contributed by atoms with Crippen LogP contribution in [0.5, 0.6) is 5.75 Å². The summed E-state index contributed by atoms with van der Waals surface area (Å²) in [6, 6.07) is 6.35. The first kappa shape index (κ1) is 13.9. The van der Waals surface area contributed by atoms with Gasteiger partial charge < -0.3 is 15.2 Å². The van der Waals surface area contributed by atoms with E-state index in [9.17, 15) is 8.78 Å². The molecule has 1 aromatic carbocycles. The fraction of sp³-hybridized carbons (Fsp3) is 0.500. The molecule has 5 heteroatoms. The smallest absolute Gasteiger partial charge is 0.387 e. The highest BCUT2D eigenvalue weighted by atomic mass is 19.3. The van der Waals surface area contributed by atoms with Crippen molar-refractivity contribution in [2.45, 2.75) is 32.5 Å². The molecule has 0 aromatic heterocycles. The highest BCUT2D eigenvalue weighted by Crippen LogP contribution is 2.26. The number of aliphatic hydroxyl groups is 1. The van der Waals surface area contributed by atoms with Gasteiger partial charge in [0.05, 0.1) is 6.61 Å². The van der Waals surface area contributed by atoms with Crippen LogP contribution in [0.3, 0.4) is 0 Å². The molecule has 3 nitrogen and oxygen atoms in total. The highest BCUT2D eigenvalue weighted by Gasteiger charge is 2.15. The van der Waals surface area contributed by atoms with Crippen molar-refractivity contribution in [1.29, 1.82) is 0 Å². The van der Waals surface area contributed by atoms with E-state index in [0.29, 0.717) is 5.56 Å². The number of benzene rings is 1. The first-order chi connectivity index (χ1) is 8.04. The maximum Gasteiger partial charge on any atom is 0.387 e. The van der Waals surface area contributed by atoms with Crippen LogP contribution in [0.25, 0.3) is 0 Å². The molecule has 0 aliphatic rings. The standard InChI is InChI=1S/C12H17F2NO2/c1-8(7-16)15-9(2)10-5-3-4-6-11(10)17-12(13)14/h3-6,8-9,12,15-16H,7H2,1-2H3. The van der Waals surface area contributed by atoms with Crippen molar-refractivity contribution in [3.05, 3.63) is 29.8 Å². The number of para-hydroxylation sites is 1. The van der Waals surface area contributed by atoms with E-state index in [1.54, 1.807) is 18.2 Å². The SMILES string of the molecule is CC(CO)NC(C)c1ccccc1OC(F)F. The van der Waals surface area contributed by atoms with Crippen molar-refractivity contribution < 1.29 is 18.6 Å². The maximum atomic E-state index is 12.2. The average Bonchev–Trinajstić information content (AvgIpc) is 2.28. The van der Waals surface area contributed by atoms with Crippen LogP contribution in [0.2, 0.25) is 0 Å². The molecule has 0 spiro atoms. The molecule has 96 valence electrons. The van der Waals surface area contributed by atoms with Crippen LogP contribution in [0.15, 0.2) is 24.3 Å². The van der Waals surface area contributed by atoms with Crippen LogP contribution in [0.1, 0.15) is 25.5 Å². The second-order valence-electron chi connectivity index (χ2n) is 3.89. The number of hydrogen-bond donors (Lipinski definition) is 2. The molecule has 0 amide bonds. The van der Waals surface area contributed by atoms with Crippen LogP contribution in [-0.4, -0.2) is 24.4 Å². The third kappa shape index (κ3) is 4.28. The first-order valence-electron chi connectivity index (χ1n) is 5.45. The lowest BCUT2D eigenvalue weighted by Gasteiger charge is -2.21. The van der Waals surface area contributed by atoms with Crippen molar-refractivity contribution in [3.63, 3.8) is 0 Å². The zero-order valence-corrected chi connectivity index (χ0v) is 9.86. The van der Waals surface area contributed by atoms with Gasteiger partial charge in [0, 0.05) is 17.6 Å². The summed E-state index contributed by atoms with van der Waals surface area (Å²) in [5.41, 5.74) is 0.646. The van der Waals surface area contributed by atoms with E-state index in [2.05, 4.69) is 10.1 Å². The minimum Gasteiger partial charge on any atom is -0.434 e. The van der Waals surface area contributed by atoms with Gasteiger partial charge in [-0.15, -0.1) is 0 Å². The topological polar surface area (TPSA) is 41.5 Å². The Morgan fingerprint density at radius 3 is 2.53 bits per heavy atom. The number of halogens is 2. The van der Waals surface area contributed by atoms with Crippen molar-refractivity contribution in [2.75, 3.05) is 6.61 Å². The molecule has 2 unspecified atom stereocenters. The molecule has 0 radical (unpaired) electrons. The maximum absolute atomic E-state index is 12.2. The van der Waals surface area contributed by atoms with Crippen LogP contribution < -0.4 is 10.1 Å². The Labute approximate surface area is 99.4 Å². The second-order valence-corrected chi connectivity index (χ2v) is 3.89. The van der Waals surface area contributed by atoms with Gasteiger partial charge in [0.25, 0.3) is 0 Å². The summed E-state index contributed by atoms with van der Waals surface area (Å²) < 4.78 is 28.9. The van der Waals surface area contributed by atoms with Gasteiger partial charge in [-0.25, -0.2) is 0 Å². The zero-order chi connectivity index (χ0) is 12.8. The number of hydrogen-bond acceptors (Lipinski definition) is 3. The van der Waals surface area contributed by atoms with Gasteiger partial charge in [0.1, 0.15) is 5.75 Å². The zero-order valence-electron chi connectivity index (χ0n) is 9.86. The molecule has 0 heterocycles. The van der Waals surface area contributed by atoms with Crippen LogP contribution in [0, 0.1) is 0 Å². The molecular weight excluding hydrogens is 228 g/mol. The van der Waals surface area contributed by atoms with Crippen LogP contribution in [0.4, 0.5) is 8.78 Å². The van der Waals surface area contributed by atoms with E-state index >= 15 is 0 Å². The van der Waals surface area contributed by atoms with Crippen molar-refractivity contribution in [1.82, 2.24) is 5.32 Å². The summed E-state index contributed by atoms with van der Waals surface area (Å²) in [6.45, 7) is 0.799. The van der Waals surface area contributed by atoms with E-state index in [0.717, 1.165) is 0 Å². The molecule has 0 aliphatic heterocycles. The third-order valence-electron chi connectivity index (χ3n) is 2.41. The van der Waals surface area contributed by atoms with E-state index in [4.69, 9.17) is 5.11 Å². The Morgan fingerprint density at radius 2 is 1.94 bits per heavy atom. The lowest BCUT2D eigenvalue weighted by molar-refractivity contribution is -0.0507. The molecule has 1 rings (SSSR count). The largest absolute Gasteiger partial charge is 0.434 e. The molecule has 0 fully saturated rings. The van der Waals surface area contributed by atoms with Crippen molar-refractivity contribution >= 4 is 0 Å². The Kier molecular flexibility index (Phi) is 5.31. The summed E-state index contributed by atoms with van der Waals surface area (Å²) in [5, 5.41) is 12.0. The lowest BCUT2D eigenvalue weighted by atomic mass is 10.1. The Balaban J connectivity index is 2.81. The van der Waals surface area contributed by atoms with Crippen molar-refractivity contribution in [2.24, 2.45) is 0 Å². The normalized spacial score (nSPS) is 14.7. The summed E-state index contributed by atoms with van der Waals surface area (Å²) in [6.07, 6.45) is 0. The van der Waals surface area contributed by atoms with E-state index in [1.807, 2.05) is 13.8 Å². The molecular formula is C12H17F2NO2. The molecule has 0 saturated carbocycles. The Morgan fingerprint density at radius 1 is 1.29 bits per heavy atom. The van der Waals surface area contributed by atoms with Gasteiger partial charge >= 0.3 is 6.61 Å². The summed E-state index contributed by atoms with van der Waals surface area (Å²) in [4.78, 5) is 0. The molecule has 2 N–H and O–H groups in total. The Bertz CT molecular complexity index is 347. The molecule has 0 saturated heterocycles. The minimum atomic E-state index is -2.83.